The van der Waals surface area contributed by atoms with Gasteiger partial charge in [0.05, 0.1) is 12.6 Å². The van der Waals surface area contributed by atoms with Crippen LogP contribution in [0.3, 0.4) is 0 Å². The van der Waals surface area contributed by atoms with Crippen LogP contribution >= 0.6 is 0 Å². The van der Waals surface area contributed by atoms with E-state index >= 15 is 0 Å². The zero-order valence-corrected chi connectivity index (χ0v) is 8.05. The molecule has 0 fully saturated rings. The van der Waals surface area contributed by atoms with Gasteiger partial charge in [0.25, 0.3) is 0 Å². The van der Waals surface area contributed by atoms with Gasteiger partial charge in [-0.3, -0.25) is 0 Å². The second-order valence-corrected chi connectivity index (χ2v) is 3.20. The third kappa shape index (κ3) is 3.86. The van der Waals surface area contributed by atoms with Gasteiger partial charge in [0.2, 0.25) is 0 Å². The minimum absolute atomic E-state index is 0.158. The summed E-state index contributed by atoms with van der Waals surface area (Å²) in [6.45, 7) is -0.257. The maximum Gasteiger partial charge on any atom is 0.404 e. The highest BCUT2D eigenvalue weighted by Crippen LogP contribution is 2.11. The number of carboxylic acid groups (broad SMARTS) is 1. The lowest BCUT2D eigenvalue weighted by Gasteiger charge is -2.13. The van der Waals surface area contributed by atoms with Crippen molar-refractivity contribution < 1.29 is 20.1 Å². The second-order valence-electron chi connectivity index (χ2n) is 3.20. The first-order valence-corrected chi connectivity index (χ1v) is 4.50. The predicted molar refractivity (Wildman–Crippen MR) is 53.8 cm³/mol. The summed E-state index contributed by atoms with van der Waals surface area (Å²) in [5.74, 6) is 0.158. The zero-order chi connectivity index (χ0) is 11.3. The Balaban J connectivity index is 2.58. The summed E-state index contributed by atoms with van der Waals surface area (Å²) >= 11 is 0. The van der Waals surface area contributed by atoms with Gasteiger partial charge < -0.3 is 20.6 Å². The lowest BCUT2D eigenvalue weighted by atomic mass is 10.1. The fourth-order valence-corrected chi connectivity index (χ4v) is 1.25. The maximum atomic E-state index is 10.4. The van der Waals surface area contributed by atoms with E-state index in [4.69, 9.17) is 15.3 Å². The van der Waals surface area contributed by atoms with Gasteiger partial charge >= 0.3 is 6.09 Å². The number of aromatic hydroxyl groups is 1. The number of phenolic OH excluding ortho intramolecular Hbond substituents is 1. The van der Waals surface area contributed by atoms with E-state index in [2.05, 4.69) is 5.32 Å². The standard InChI is InChI=1S/C10H13NO4/c12-6-8(11-10(14)15)5-7-1-3-9(13)4-2-7/h1-4,8,11-13H,5-6H2,(H,14,15)/t8-/m1/s1. The molecule has 5 heteroatoms. The Morgan fingerprint density at radius 2 is 1.93 bits per heavy atom. The molecule has 5 nitrogen and oxygen atoms in total. The fraction of sp³-hybridized carbons (Fsp3) is 0.300. The summed E-state index contributed by atoms with van der Waals surface area (Å²) < 4.78 is 0. The normalized spacial score (nSPS) is 12.1. The number of hydrogen-bond acceptors (Lipinski definition) is 3. The molecule has 1 rings (SSSR count). The van der Waals surface area contributed by atoms with E-state index in [-0.39, 0.29) is 12.4 Å². The molecule has 0 spiro atoms. The Morgan fingerprint density at radius 3 is 2.40 bits per heavy atom. The van der Waals surface area contributed by atoms with Gasteiger partial charge in [0.15, 0.2) is 0 Å². The minimum Gasteiger partial charge on any atom is -0.508 e. The molecule has 0 saturated heterocycles. The van der Waals surface area contributed by atoms with Crippen molar-refractivity contribution in [3.8, 4) is 5.75 Å². The molecule has 0 bridgehead atoms. The first-order valence-electron chi connectivity index (χ1n) is 4.50. The molecule has 0 aliphatic carbocycles. The SMILES string of the molecule is O=C(O)N[C@@H](CO)Cc1ccc(O)cc1. The van der Waals surface area contributed by atoms with Gasteiger partial charge in [0.1, 0.15) is 5.75 Å². The van der Waals surface area contributed by atoms with Crippen molar-refractivity contribution in [1.29, 1.82) is 0 Å². The molecule has 1 amide bonds. The smallest absolute Gasteiger partial charge is 0.404 e. The average molecular weight is 211 g/mol. The molecular weight excluding hydrogens is 198 g/mol. The highest BCUT2D eigenvalue weighted by molar-refractivity contribution is 5.64. The number of carbonyl (C=O) groups is 1. The summed E-state index contributed by atoms with van der Waals surface area (Å²) in [7, 11) is 0. The van der Waals surface area contributed by atoms with Crippen molar-refractivity contribution >= 4 is 6.09 Å². The van der Waals surface area contributed by atoms with E-state index in [0.29, 0.717) is 6.42 Å². The molecule has 0 unspecified atom stereocenters. The van der Waals surface area contributed by atoms with Crippen LogP contribution in [0.15, 0.2) is 24.3 Å². The van der Waals surface area contributed by atoms with Gasteiger partial charge in [0, 0.05) is 0 Å². The highest BCUT2D eigenvalue weighted by atomic mass is 16.4. The van der Waals surface area contributed by atoms with Crippen LogP contribution in [0.1, 0.15) is 5.56 Å². The molecule has 0 aromatic heterocycles. The lowest BCUT2D eigenvalue weighted by molar-refractivity contribution is 0.177. The first kappa shape index (κ1) is 11.3. The summed E-state index contributed by atoms with van der Waals surface area (Å²) in [5.41, 5.74) is 0.848. The molecule has 1 aromatic carbocycles. The number of rotatable bonds is 4. The Bertz CT molecular complexity index is 323. The monoisotopic (exact) mass is 211 g/mol. The van der Waals surface area contributed by atoms with Crippen molar-refractivity contribution in [3.63, 3.8) is 0 Å². The Labute approximate surface area is 87.0 Å². The number of nitrogens with one attached hydrogen (secondary N) is 1. The third-order valence-electron chi connectivity index (χ3n) is 1.97. The zero-order valence-electron chi connectivity index (χ0n) is 8.05. The number of amides is 1. The molecule has 4 N–H and O–H groups in total. The Morgan fingerprint density at radius 1 is 1.33 bits per heavy atom. The van der Waals surface area contributed by atoms with Crippen molar-refractivity contribution in [2.45, 2.75) is 12.5 Å². The van der Waals surface area contributed by atoms with Crippen molar-refractivity contribution in [2.24, 2.45) is 0 Å². The largest absolute Gasteiger partial charge is 0.508 e. The molecule has 1 aromatic rings. The van der Waals surface area contributed by atoms with Gasteiger partial charge in [-0.2, -0.15) is 0 Å². The van der Waals surface area contributed by atoms with Gasteiger partial charge in [-0.25, -0.2) is 4.79 Å². The van der Waals surface area contributed by atoms with Crippen molar-refractivity contribution in [1.82, 2.24) is 5.32 Å². The summed E-state index contributed by atoms with van der Waals surface area (Å²) in [6, 6.07) is 5.88. The van der Waals surface area contributed by atoms with E-state index in [1.54, 1.807) is 12.1 Å². The summed E-state index contributed by atoms with van der Waals surface area (Å²) in [5, 5.41) is 28.6. The number of benzene rings is 1. The van der Waals surface area contributed by atoms with Crippen LogP contribution in [0.5, 0.6) is 5.75 Å². The topological polar surface area (TPSA) is 89.8 Å². The van der Waals surface area contributed by atoms with Crippen LogP contribution in [0.2, 0.25) is 0 Å². The third-order valence-corrected chi connectivity index (χ3v) is 1.97. The Kier molecular flexibility index (Phi) is 3.93. The fourth-order valence-electron chi connectivity index (χ4n) is 1.25. The van der Waals surface area contributed by atoms with E-state index < -0.39 is 12.1 Å². The molecule has 0 heterocycles. The Hall–Kier alpha value is -1.75. The van der Waals surface area contributed by atoms with Gasteiger partial charge in [-0.05, 0) is 24.1 Å². The van der Waals surface area contributed by atoms with E-state index in [0.717, 1.165) is 5.56 Å². The highest BCUT2D eigenvalue weighted by Gasteiger charge is 2.10. The number of hydrogen-bond donors (Lipinski definition) is 4. The van der Waals surface area contributed by atoms with Gasteiger partial charge in [-0.15, -0.1) is 0 Å². The molecule has 82 valence electrons. The van der Waals surface area contributed by atoms with Gasteiger partial charge in [-0.1, -0.05) is 12.1 Å². The summed E-state index contributed by atoms with van der Waals surface area (Å²) in [6.07, 6.45) is -0.767. The molecule has 0 aliphatic heterocycles. The average Bonchev–Trinajstić information content (AvgIpc) is 2.19. The quantitative estimate of drug-likeness (QED) is 0.586. The van der Waals surface area contributed by atoms with Crippen LogP contribution in [-0.2, 0) is 6.42 Å². The van der Waals surface area contributed by atoms with Crippen LogP contribution in [0.4, 0.5) is 4.79 Å². The van der Waals surface area contributed by atoms with Crippen molar-refractivity contribution in [3.05, 3.63) is 29.8 Å². The van der Waals surface area contributed by atoms with E-state index in [9.17, 15) is 4.79 Å². The van der Waals surface area contributed by atoms with Crippen LogP contribution in [0, 0.1) is 0 Å². The number of aliphatic hydroxyl groups excluding tert-OH is 1. The summed E-state index contributed by atoms with van der Waals surface area (Å²) in [4.78, 5) is 10.4. The number of phenols is 1. The van der Waals surface area contributed by atoms with Crippen LogP contribution in [0.25, 0.3) is 0 Å². The minimum atomic E-state index is -1.16. The molecule has 0 radical (unpaired) electrons. The second kappa shape index (κ2) is 5.21. The maximum absolute atomic E-state index is 10.4. The van der Waals surface area contributed by atoms with Crippen LogP contribution < -0.4 is 5.32 Å². The van der Waals surface area contributed by atoms with Crippen molar-refractivity contribution in [2.75, 3.05) is 6.61 Å². The molecule has 0 aliphatic rings. The lowest BCUT2D eigenvalue weighted by Crippen LogP contribution is -2.38. The molecule has 1 atom stereocenters. The predicted octanol–water partition coefficient (Wildman–Crippen LogP) is 0.563. The molecule has 0 saturated carbocycles. The molecular formula is C10H13NO4. The van der Waals surface area contributed by atoms with E-state index in [1.807, 2.05) is 0 Å². The van der Waals surface area contributed by atoms with E-state index in [1.165, 1.54) is 12.1 Å². The van der Waals surface area contributed by atoms with Crippen LogP contribution in [-0.4, -0.2) is 34.1 Å². The first-order chi connectivity index (χ1) is 7.11. The number of aliphatic hydroxyl groups is 1. The molecule has 15 heavy (non-hydrogen) atoms.